The minimum absolute atomic E-state index is 0.0650. The number of hydrogen-bond donors (Lipinski definition) is 0. The van der Waals surface area contributed by atoms with E-state index in [0.717, 1.165) is 5.56 Å². The van der Waals surface area contributed by atoms with Gasteiger partial charge in [-0.25, -0.2) is 0 Å². The fourth-order valence-electron chi connectivity index (χ4n) is 1.68. The largest absolute Gasteiger partial charge is 0.129 e. The minimum Gasteiger partial charge on any atom is -0.129 e. The molecule has 82 valence electrons. The van der Waals surface area contributed by atoms with Crippen molar-refractivity contribution in [1.82, 2.24) is 0 Å². The first-order chi connectivity index (χ1) is 7.83. The first-order valence-electron chi connectivity index (χ1n) is 5.15. The number of hydrogen-bond acceptors (Lipinski definition) is 1. The van der Waals surface area contributed by atoms with Gasteiger partial charge in [-0.1, -0.05) is 48.5 Å². The van der Waals surface area contributed by atoms with Gasteiger partial charge in [-0.2, -0.15) is 0 Å². The van der Waals surface area contributed by atoms with Gasteiger partial charge >= 0.3 is 0 Å². The number of halogens is 1. The molecular weight excluding hydrogens is 236 g/mol. The third kappa shape index (κ3) is 2.42. The van der Waals surface area contributed by atoms with Crippen molar-refractivity contribution in [2.45, 2.75) is 10.3 Å². The first-order valence-corrected chi connectivity index (χ1v) is 6.81. The molecule has 0 amide bonds. The van der Waals surface area contributed by atoms with Crippen molar-refractivity contribution in [3.05, 3.63) is 65.7 Å². The van der Waals surface area contributed by atoms with Gasteiger partial charge in [0, 0.05) is 4.90 Å². The number of thioether (sulfide) groups is 1. The topological polar surface area (TPSA) is 0 Å². The van der Waals surface area contributed by atoms with Crippen LogP contribution in [0.2, 0.25) is 0 Å². The van der Waals surface area contributed by atoms with Crippen LogP contribution in [0, 0.1) is 0 Å². The number of alkyl halides is 1. The van der Waals surface area contributed by atoms with Crippen LogP contribution in [0.25, 0.3) is 0 Å². The summed E-state index contributed by atoms with van der Waals surface area (Å²) >= 11 is 8.24. The molecule has 0 aliphatic rings. The van der Waals surface area contributed by atoms with Gasteiger partial charge in [0.15, 0.2) is 0 Å². The molecule has 0 aliphatic heterocycles. The number of rotatable bonds is 3. The fraction of sp³-hybridized carbons (Fsp3) is 0.143. The Morgan fingerprint density at radius 3 is 2.25 bits per heavy atom. The van der Waals surface area contributed by atoms with Crippen molar-refractivity contribution in [2.75, 3.05) is 6.26 Å². The lowest BCUT2D eigenvalue weighted by atomic mass is 10.0. The predicted octanol–water partition coefficient (Wildman–Crippen LogP) is 4.74. The Bertz CT molecular complexity index is 453. The standard InChI is InChI=1S/C14H13ClS/c1-16-13-10-6-5-9-12(13)14(15)11-7-3-2-4-8-11/h2-10,14H,1H3. The van der Waals surface area contributed by atoms with E-state index in [-0.39, 0.29) is 5.38 Å². The van der Waals surface area contributed by atoms with Gasteiger partial charge in [-0.05, 0) is 23.4 Å². The molecule has 0 N–H and O–H groups in total. The summed E-state index contributed by atoms with van der Waals surface area (Å²) in [6.45, 7) is 0. The van der Waals surface area contributed by atoms with Crippen LogP contribution >= 0.6 is 23.4 Å². The second kappa shape index (κ2) is 5.42. The third-order valence-electron chi connectivity index (χ3n) is 2.50. The molecule has 0 heterocycles. The van der Waals surface area contributed by atoms with Gasteiger partial charge in [0.2, 0.25) is 0 Å². The molecule has 2 rings (SSSR count). The lowest BCUT2D eigenvalue weighted by molar-refractivity contribution is 1.09. The van der Waals surface area contributed by atoms with E-state index in [1.54, 1.807) is 11.8 Å². The van der Waals surface area contributed by atoms with Crippen LogP contribution in [0.4, 0.5) is 0 Å². The second-order valence-electron chi connectivity index (χ2n) is 3.52. The molecular formula is C14H13ClS. The van der Waals surface area contributed by atoms with Gasteiger partial charge in [-0.15, -0.1) is 23.4 Å². The zero-order valence-electron chi connectivity index (χ0n) is 9.06. The van der Waals surface area contributed by atoms with Crippen LogP contribution in [-0.4, -0.2) is 6.26 Å². The Hall–Kier alpha value is -0.920. The van der Waals surface area contributed by atoms with E-state index in [1.165, 1.54) is 10.5 Å². The average molecular weight is 249 g/mol. The van der Waals surface area contributed by atoms with Crippen LogP contribution in [0.3, 0.4) is 0 Å². The van der Waals surface area contributed by atoms with Gasteiger partial charge in [0.25, 0.3) is 0 Å². The summed E-state index contributed by atoms with van der Waals surface area (Å²) in [7, 11) is 0. The molecule has 2 aromatic rings. The Labute approximate surface area is 106 Å². The molecule has 0 bridgehead atoms. The highest BCUT2D eigenvalue weighted by molar-refractivity contribution is 7.98. The van der Waals surface area contributed by atoms with Crippen molar-refractivity contribution in [2.24, 2.45) is 0 Å². The Kier molecular flexibility index (Phi) is 3.92. The fourth-order valence-corrected chi connectivity index (χ4v) is 2.71. The Morgan fingerprint density at radius 2 is 1.56 bits per heavy atom. The normalized spacial score (nSPS) is 12.4. The molecule has 0 saturated carbocycles. The van der Waals surface area contributed by atoms with Crippen molar-refractivity contribution >= 4 is 23.4 Å². The van der Waals surface area contributed by atoms with E-state index in [1.807, 2.05) is 30.3 Å². The average Bonchev–Trinajstić information content (AvgIpc) is 2.39. The third-order valence-corrected chi connectivity index (χ3v) is 3.80. The molecule has 1 unspecified atom stereocenters. The van der Waals surface area contributed by atoms with Crippen LogP contribution in [0.1, 0.15) is 16.5 Å². The SMILES string of the molecule is CSc1ccccc1C(Cl)c1ccccc1. The maximum absolute atomic E-state index is 6.50. The smallest absolute Gasteiger partial charge is 0.0846 e. The molecule has 0 fully saturated rings. The summed E-state index contributed by atoms with van der Waals surface area (Å²) in [6.07, 6.45) is 2.08. The summed E-state index contributed by atoms with van der Waals surface area (Å²) in [5, 5.41) is -0.0650. The molecule has 0 nitrogen and oxygen atoms in total. The van der Waals surface area contributed by atoms with Gasteiger partial charge in [0.1, 0.15) is 0 Å². The summed E-state index contributed by atoms with van der Waals surface area (Å²) < 4.78 is 0. The van der Waals surface area contributed by atoms with E-state index < -0.39 is 0 Å². The van der Waals surface area contributed by atoms with Crippen molar-refractivity contribution < 1.29 is 0 Å². The quantitative estimate of drug-likeness (QED) is 0.559. The summed E-state index contributed by atoms with van der Waals surface area (Å²) in [5.74, 6) is 0. The van der Waals surface area contributed by atoms with Crippen LogP contribution in [-0.2, 0) is 0 Å². The molecule has 0 aliphatic carbocycles. The monoisotopic (exact) mass is 248 g/mol. The van der Waals surface area contributed by atoms with Gasteiger partial charge < -0.3 is 0 Å². The van der Waals surface area contributed by atoms with Crippen molar-refractivity contribution in [1.29, 1.82) is 0 Å². The molecule has 0 aromatic heterocycles. The van der Waals surface area contributed by atoms with Crippen LogP contribution in [0.15, 0.2) is 59.5 Å². The molecule has 0 radical (unpaired) electrons. The van der Waals surface area contributed by atoms with Gasteiger partial charge in [0.05, 0.1) is 5.38 Å². The second-order valence-corrected chi connectivity index (χ2v) is 4.80. The molecule has 2 heteroatoms. The lowest BCUT2D eigenvalue weighted by Gasteiger charge is -2.13. The van der Waals surface area contributed by atoms with E-state index >= 15 is 0 Å². The minimum atomic E-state index is -0.0650. The van der Waals surface area contributed by atoms with Crippen molar-refractivity contribution in [3.63, 3.8) is 0 Å². The van der Waals surface area contributed by atoms with Crippen LogP contribution < -0.4 is 0 Å². The first kappa shape index (κ1) is 11.6. The van der Waals surface area contributed by atoms with Gasteiger partial charge in [-0.3, -0.25) is 0 Å². The highest BCUT2D eigenvalue weighted by Gasteiger charge is 2.13. The highest BCUT2D eigenvalue weighted by Crippen LogP contribution is 2.34. The lowest BCUT2D eigenvalue weighted by Crippen LogP contribution is -1.94. The number of benzene rings is 2. The van der Waals surface area contributed by atoms with E-state index in [9.17, 15) is 0 Å². The zero-order chi connectivity index (χ0) is 11.4. The molecule has 2 aromatic carbocycles. The van der Waals surface area contributed by atoms with Crippen molar-refractivity contribution in [3.8, 4) is 0 Å². The van der Waals surface area contributed by atoms with E-state index in [4.69, 9.17) is 11.6 Å². The van der Waals surface area contributed by atoms with E-state index in [0.29, 0.717) is 0 Å². The zero-order valence-corrected chi connectivity index (χ0v) is 10.6. The summed E-state index contributed by atoms with van der Waals surface area (Å²) in [5.41, 5.74) is 2.33. The highest BCUT2D eigenvalue weighted by atomic mass is 35.5. The van der Waals surface area contributed by atoms with E-state index in [2.05, 4.69) is 30.5 Å². The molecule has 1 atom stereocenters. The van der Waals surface area contributed by atoms with Crippen LogP contribution in [0.5, 0.6) is 0 Å². The Morgan fingerprint density at radius 1 is 0.938 bits per heavy atom. The summed E-state index contributed by atoms with van der Waals surface area (Å²) in [4.78, 5) is 1.24. The maximum atomic E-state index is 6.50. The molecule has 0 saturated heterocycles. The predicted molar refractivity (Wildman–Crippen MR) is 72.4 cm³/mol. The Balaban J connectivity index is 2.37. The summed E-state index contributed by atoms with van der Waals surface area (Å²) in [6, 6.07) is 18.5. The maximum Gasteiger partial charge on any atom is 0.0846 e. The molecule has 16 heavy (non-hydrogen) atoms. The molecule has 0 spiro atoms.